The maximum absolute atomic E-state index is 13.3. The zero-order chi connectivity index (χ0) is 22.2. The number of para-hydroxylation sites is 1. The molecule has 3 aromatic rings. The first-order valence-corrected chi connectivity index (χ1v) is 11.7. The van der Waals surface area contributed by atoms with E-state index in [0.29, 0.717) is 24.9 Å². The van der Waals surface area contributed by atoms with E-state index >= 15 is 0 Å². The van der Waals surface area contributed by atoms with Crippen molar-refractivity contribution in [1.29, 1.82) is 0 Å². The molecular formula is C28H33N2O2+. The van der Waals surface area contributed by atoms with Crippen LogP contribution in [0.4, 0.5) is 0 Å². The molecule has 1 atom stereocenters. The molecule has 166 valence electrons. The molecule has 1 saturated carbocycles. The van der Waals surface area contributed by atoms with Crippen LogP contribution in [0.5, 0.6) is 5.75 Å². The summed E-state index contributed by atoms with van der Waals surface area (Å²) in [7, 11) is 0. The van der Waals surface area contributed by atoms with Crippen LogP contribution in [-0.2, 0) is 11.3 Å². The van der Waals surface area contributed by atoms with Gasteiger partial charge in [-0.1, -0.05) is 79.2 Å². The minimum atomic E-state index is -0.178. The first kappa shape index (κ1) is 22.1. The number of benzene rings is 3. The SMILES string of the molecule is O=C(C[NH+](Cc1ccccc1O)C1CCCCC1)NC(c1ccccc1)c1ccccc1. The molecule has 4 nitrogen and oxygen atoms in total. The molecule has 1 aliphatic carbocycles. The second-order valence-corrected chi connectivity index (χ2v) is 8.80. The first-order chi connectivity index (χ1) is 15.7. The summed E-state index contributed by atoms with van der Waals surface area (Å²) < 4.78 is 0. The van der Waals surface area contributed by atoms with Crippen molar-refractivity contribution in [2.24, 2.45) is 0 Å². The molecule has 0 bridgehead atoms. The van der Waals surface area contributed by atoms with Crippen molar-refractivity contribution in [3.05, 3.63) is 102 Å². The van der Waals surface area contributed by atoms with Gasteiger partial charge in [0.25, 0.3) is 5.91 Å². The van der Waals surface area contributed by atoms with Gasteiger partial charge in [-0.15, -0.1) is 0 Å². The number of hydrogen-bond donors (Lipinski definition) is 3. The topological polar surface area (TPSA) is 53.8 Å². The molecule has 1 fully saturated rings. The van der Waals surface area contributed by atoms with Crippen LogP contribution in [0.25, 0.3) is 0 Å². The molecule has 3 aromatic carbocycles. The number of hydrogen-bond acceptors (Lipinski definition) is 2. The Labute approximate surface area is 190 Å². The van der Waals surface area contributed by atoms with E-state index in [9.17, 15) is 9.90 Å². The third-order valence-corrected chi connectivity index (χ3v) is 6.55. The Kier molecular flexibility index (Phi) is 7.57. The second kappa shape index (κ2) is 11.0. The van der Waals surface area contributed by atoms with Crippen LogP contribution in [0.2, 0.25) is 0 Å². The monoisotopic (exact) mass is 429 g/mol. The van der Waals surface area contributed by atoms with Gasteiger partial charge in [-0.25, -0.2) is 0 Å². The molecule has 1 unspecified atom stereocenters. The zero-order valence-electron chi connectivity index (χ0n) is 18.5. The molecule has 0 aliphatic heterocycles. The van der Waals surface area contributed by atoms with E-state index in [1.165, 1.54) is 24.2 Å². The number of rotatable bonds is 8. The largest absolute Gasteiger partial charge is 0.507 e. The van der Waals surface area contributed by atoms with Gasteiger partial charge < -0.3 is 15.3 Å². The van der Waals surface area contributed by atoms with Crippen molar-refractivity contribution in [2.45, 2.75) is 50.7 Å². The molecule has 0 heterocycles. The van der Waals surface area contributed by atoms with E-state index < -0.39 is 0 Å². The molecule has 1 aliphatic rings. The third-order valence-electron chi connectivity index (χ3n) is 6.55. The Balaban J connectivity index is 1.52. The van der Waals surface area contributed by atoms with Crippen LogP contribution < -0.4 is 10.2 Å². The number of carbonyl (C=O) groups is 1. The summed E-state index contributed by atoms with van der Waals surface area (Å²) in [6.45, 7) is 1.06. The molecule has 1 amide bonds. The summed E-state index contributed by atoms with van der Waals surface area (Å²) in [4.78, 5) is 14.6. The highest BCUT2D eigenvalue weighted by Gasteiger charge is 2.28. The standard InChI is InChI=1S/C28H32N2O2/c31-26-19-11-10-16-24(26)20-30(25-17-8-3-9-18-25)21-27(32)29-28(22-12-4-1-5-13-22)23-14-6-2-7-15-23/h1-2,4-7,10-16,19,25,28,31H,3,8-9,17-18,20-21H2,(H,29,32)/p+1. The van der Waals surface area contributed by atoms with Crippen molar-refractivity contribution in [2.75, 3.05) is 6.54 Å². The highest BCUT2D eigenvalue weighted by molar-refractivity contribution is 5.78. The predicted molar refractivity (Wildman–Crippen MR) is 127 cm³/mol. The Morgan fingerprint density at radius 3 is 2.00 bits per heavy atom. The summed E-state index contributed by atoms with van der Waals surface area (Å²) in [5.41, 5.74) is 3.06. The van der Waals surface area contributed by atoms with Crippen LogP contribution >= 0.6 is 0 Å². The van der Waals surface area contributed by atoms with Crippen molar-refractivity contribution in [1.82, 2.24) is 5.32 Å². The molecule has 0 aromatic heterocycles. The van der Waals surface area contributed by atoms with Crippen LogP contribution in [-0.4, -0.2) is 23.6 Å². The Hall–Kier alpha value is -3.11. The summed E-state index contributed by atoms with van der Waals surface area (Å²) >= 11 is 0. The van der Waals surface area contributed by atoms with Crippen molar-refractivity contribution in [3.63, 3.8) is 0 Å². The average Bonchev–Trinajstić information content (AvgIpc) is 2.85. The van der Waals surface area contributed by atoms with E-state index in [1.807, 2.05) is 54.6 Å². The number of aromatic hydroxyl groups is 1. The average molecular weight is 430 g/mol. The molecular weight excluding hydrogens is 396 g/mol. The predicted octanol–water partition coefficient (Wildman–Crippen LogP) is 4.02. The van der Waals surface area contributed by atoms with Crippen molar-refractivity contribution < 1.29 is 14.8 Å². The Morgan fingerprint density at radius 1 is 0.844 bits per heavy atom. The van der Waals surface area contributed by atoms with E-state index in [-0.39, 0.29) is 11.9 Å². The quantitative estimate of drug-likeness (QED) is 0.507. The molecule has 0 saturated heterocycles. The van der Waals surface area contributed by atoms with Gasteiger partial charge in [0.05, 0.1) is 12.1 Å². The van der Waals surface area contributed by atoms with Gasteiger partial charge in [0.2, 0.25) is 0 Å². The number of nitrogens with one attached hydrogen (secondary N) is 2. The van der Waals surface area contributed by atoms with Gasteiger partial charge in [-0.3, -0.25) is 4.79 Å². The number of carbonyl (C=O) groups excluding carboxylic acids is 1. The minimum Gasteiger partial charge on any atom is -0.507 e. The van der Waals surface area contributed by atoms with Crippen LogP contribution in [0.15, 0.2) is 84.9 Å². The Morgan fingerprint density at radius 2 is 1.41 bits per heavy atom. The highest BCUT2D eigenvalue weighted by Crippen LogP contribution is 2.22. The third kappa shape index (κ3) is 5.77. The number of quaternary nitrogens is 1. The fourth-order valence-corrected chi connectivity index (χ4v) is 4.84. The number of phenolic OH excluding ortho intramolecular Hbond substituents is 1. The maximum Gasteiger partial charge on any atom is 0.275 e. The van der Waals surface area contributed by atoms with Gasteiger partial charge >= 0.3 is 0 Å². The van der Waals surface area contributed by atoms with E-state index in [1.54, 1.807) is 6.07 Å². The maximum atomic E-state index is 13.3. The fraction of sp³-hybridized carbons (Fsp3) is 0.321. The van der Waals surface area contributed by atoms with Gasteiger partial charge in [0, 0.05) is 5.56 Å². The van der Waals surface area contributed by atoms with Gasteiger partial charge in [-0.05, 0) is 48.9 Å². The lowest BCUT2D eigenvalue weighted by atomic mass is 9.93. The number of phenols is 1. The highest BCUT2D eigenvalue weighted by atomic mass is 16.3. The first-order valence-electron chi connectivity index (χ1n) is 11.7. The van der Waals surface area contributed by atoms with Crippen LogP contribution in [0, 0.1) is 0 Å². The van der Waals surface area contributed by atoms with Gasteiger partial charge in [0.1, 0.15) is 12.3 Å². The lowest BCUT2D eigenvalue weighted by Crippen LogP contribution is -3.15. The van der Waals surface area contributed by atoms with Crippen LogP contribution in [0.1, 0.15) is 54.8 Å². The molecule has 4 rings (SSSR count). The van der Waals surface area contributed by atoms with E-state index in [2.05, 4.69) is 29.6 Å². The molecule has 0 radical (unpaired) electrons. The van der Waals surface area contributed by atoms with Crippen LogP contribution in [0.3, 0.4) is 0 Å². The van der Waals surface area contributed by atoms with E-state index in [4.69, 9.17) is 0 Å². The van der Waals surface area contributed by atoms with Gasteiger partial charge in [0.15, 0.2) is 6.54 Å². The summed E-state index contributed by atoms with van der Waals surface area (Å²) in [6, 6.07) is 28.0. The summed E-state index contributed by atoms with van der Waals surface area (Å²) in [5.74, 6) is 0.353. The normalized spacial score (nSPS) is 15.4. The summed E-state index contributed by atoms with van der Waals surface area (Å²) in [5, 5.41) is 13.6. The fourth-order valence-electron chi connectivity index (χ4n) is 4.84. The lowest BCUT2D eigenvalue weighted by molar-refractivity contribution is -0.932. The molecule has 3 N–H and O–H groups in total. The Bertz CT molecular complexity index is 945. The van der Waals surface area contributed by atoms with Crippen molar-refractivity contribution >= 4 is 5.91 Å². The summed E-state index contributed by atoms with van der Waals surface area (Å²) in [6.07, 6.45) is 5.98. The minimum absolute atomic E-state index is 0.0405. The van der Waals surface area contributed by atoms with E-state index in [0.717, 1.165) is 29.5 Å². The molecule has 32 heavy (non-hydrogen) atoms. The lowest BCUT2D eigenvalue weighted by Gasteiger charge is -2.31. The zero-order valence-corrected chi connectivity index (χ0v) is 18.5. The number of amides is 1. The molecule has 4 heteroatoms. The van der Waals surface area contributed by atoms with Gasteiger partial charge in [-0.2, -0.15) is 0 Å². The van der Waals surface area contributed by atoms with Crippen molar-refractivity contribution in [3.8, 4) is 5.75 Å². The second-order valence-electron chi connectivity index (χ2n) is 8.80. The molecule has 0 spiro atoms. The smallest absolute Gasteiger partial charge is 0.275 e.